The Bertz CT molecular complexity index is 816. The standard InChI is InChI=1S/C17H17N3O2/c1-11-9-10-22-16(11)17(21)18-15-12(2)19-20(13(15)3)14-7-5-4-6-8-14/h4-10H,1-3H3,(H,18,21). The largest absolute Gasteiger partial charge is 0.459 e. The maximum atomic E-state index is 12.3. The minimum absolute atomic E-state index is 0.263. The third-order valence-electron chi connectivity index (χ3n) is 3.60. The summed E-state index contributed by atoms with van der Waals surface area (Å²) in [5.41, 5.74) is 4.12. The molecule has 0 bridgehead atoms. The molecule has 2 heterocycles. The van der Waals surface area contributed by atoms with Crippen molar-refractivity contribution in [3.63, 3.8) is 0 Å². The van der Waals surface area contributed by atoms with E-state index in [2.05, 4.69) is 10.4 Å². The van der Waals surface area contributed by atoms with Gasteiger partial charge < -0.3 is 9.73 Å². The number of hydrogen-bond acceptors (Lipinski definition) is 3. The molecule has 0 aliphatic heterocycles. The van der Waals surface area contributed by atoms with Crippen LogP contribution in [0.3, 0.4) is 0 Å². The van der Waals surface area contributed by atoms with E-state index in [9.17, 15) is 4.79 Å². The molecular weight excluding hydrogens is 278 g/mol. The maximum absolute atomic E-state index is 12.3. The summed E-state index contributed by atoms with van der Waals surface area (Å²) >= 11 is 0. The summed E-state index contributed by atoms with van der Waals surface area (Å²) in [7, 11) is 0. The molecule has 1 aromatic carbocycles. The summed E-state index contributed by atoms with van der Waals surface area (Å²) in [5.74, 6) is 0.0626. The summed E-state index contributed by atoms with van der Waals surface area (Å²) in [6.07, 6.45) is 1.51. The predicted octanol–water partition coefficient (Wildman–Crippen LogP) is 3.64. The third kappa shape index (κ3) is 2.41. The molecule has 0 aliphatic rings. The topological polar surface area (TPSA) is 60.1 Å². The number of hydrogen-bond donors (Lipinski definition) is 1. The number of furan rings is 1. The molecule has 5 heteroatoms. The molecule has 1 amide bonds. The molecule has 0 aliphatic carbocycles. The van der Waals surface area contributed by atoms with E-state index in [1.807, 2.05) is 55.8 Å². The van der Waals surface area contributed by atoms with Crippen molar-refractivity contribution < 1.29 is 9.21 Å². The number of anilines is 1. The first-order valence-corrected chi connectivity index (χ1v) is 7.05. The third-order valence-corrected chi connectivity index (χ3v) is 3.60. The second-order valence-electron chi connectivity index (χ2n) is 5.18. The minimum atomic E-state index is -0.263. The van der Waals surface area contributed by atoms with Crippen LogP contribution in [-0.4, -0.2) is 15.7 Å². The van der Waals surface area contributed by atoms with Crippen molar-refractivity contribution >= 4 is 11.6 Å². The van der Waals surface area contributed by atoms with Crippen molar-refractivity contribution in [2.24, 2.45) is 0 Å². The van der Waals surface area contributed by atoms with E-state index in [1.165, 1.54) is 6.26 Å². The molecule has 0 atom stereocenters. The van der Waals surface area contributed by atoms with E-state index in [1.54, 1.807) is 6.07 Å². The monoisotopic (exact) mass is 295 g/mol. The van der Waals surface area contributed by atoms with Gasteiger partial charge in [0.2, 0.25) is 0 Å². The fourth-order valence-electron chi connectivity index (χ4n) is 2.42. The summed E-state index contributed by atoms with van der Waals surface area (Å²) in [5, 5.41) is 7.40. The fourth-order valence-corrected chi connectivity index (χ4v) is 2.42. The van der Waals surface area contributed by atoms with Gasteiger partial charge in [-0.25, -0.2) is 4.68 Å². The smallest absolute Gasteiger partial charge is 0.291 e. The first-order valence-electron chi connectivity index (χ1n) is 7.05. The van der Waals surface area contributed by atoms with Crippen molar-refractivity contribution in [2.75, 3.05) is 5.32 Å². The van der Waals surface area contributed by atoms with Crippen LogP contribution >= 0.6 is 0 Å². The highest BCUT2D eigenvalue weighted by Crippen LogP contribution is 2.23. The highest BCUT2D eigenvalue weighted by Gasteiger charge is 2.18. The number of amides is 1. The van der Waals surface area contributed by atoms with Gasteiger partial charge in [0.25, 0.3) is 5.91 Å². The molecule has 0 unspecified atom stereocenters. The zero-order valence-electron chi connectivity index (χ0n) is 12.8. The van der Waals surface area contributed by atoms with E-state index in [0.717, 1.165) is 22.6 Å². The second-order valence-corrected chi connectivity index (χ2v) is 5.18. The Morgan fingerprint density at radius 3 is 2.50 bits per heavy atom. The molecule has 2 aromatic heterocycles. The highest BCUT2D eigenvalue weighted by molar-refractivity contribution is 6.03. The average molecular weight is 295 g/mol. The van der Waals surface area contributed by atoms with Gasteiger partial charge in [0, 0.05) is 5.56 Å². The number of aromatic nitrogens is 2. The second kappa shape index (κ2) is 5.52. The Morgan fingerprint density at radius 1 is 1.14 bits per heavy atom. The number of carbonyl (C=O) groups excluding carboxylic acids is 1. The number of rotatable bonds is 3. The van der Waals surface area contributed by atoms with Crippen LogP contribution in [0.15, 0.2) is 47.1 Å². The van der Waals surface area contributed by atoms with Crippen molar-refractivity contribution in [1.82, 2.24) is 9.78 Å². The van der Waals surface area contributed by atoms with Gasteiger partial charge in [-0.1, -0.05) is 18.2 Å². The van der Waals surface area contributed by atoms with E-state index in [-0.39, 0.29) is 5.91 Å². The van der Waals surface area contributed by atoms with Crippen molar-refractivity contribution in [2.45, 2.75) is 20.8 Å². The summed E-state index contributed by atoms with van der Waals surface area (Å²) in [4.78, 5) is 12.3. The van der Waals surface area contributed by atoms with E-state index in [0.29, 0.717) is 11.4 Å². The molecule has 0 saturated carbocycles. The lowest BCUT2D eigenvalue weighted by Crippen LogP contribution is -2.13. The summed E-state index contributed by atoms with van der Waals surface area (Å²) in [6, 6.07) is 11.6. The Balaban J connectivity index is 1.94. The molecular formula is C17H17N3O2. The van der Waals surface area contributed by atoms with Crippen LogP contribution in [0.2, 0.25) is 0 Å². The van der Waals surface area contributed by atoms with Gasteiger partial charge in [-0.05, 0) is 39.0 Å². The van der Waals surface area contributed by atoms with Crippen molar-refractivity contribution in [3.8, 4) is 5.69 Å². The van der Waals surface area contributed by atoms with E-state index in [4.69, 9.17) is 4.42 Å². The van der Waals surface area contributed by atoms with Gasteiger partial charge >= 0.3 is 0 Å². The predicted molar refractivity (Wildman–Crippen MR) is 84.4 cm³/mol. The van der Waals surface area contributed by atoms with E-state index < -0.39 is 0 Å². The number of para-hydroxylation sites is 1. The first-order chi connectivity index (χ1) is 10.6. The van der Waals surface area contributed by atoms with Gasteiger partial charge in [-0.15, -0.1) is 0 Å². The normalized spacial score (nSPS) is 10.7. The van der Waals surface area contributed by atoms with Gasteiger partial charge in [-0.3, -0.25) is 4.79 Å². The van der Waals surface area contributed by atoms with Crippen molar-refractivity contribution in [3.05, 3.63) is 65.4 Å². The van der Waals surface area contributed by atoms with Crippen LogP contribution in [0.1, 0.15) is 27.5 Å². The quantitative estimate of drug-likeness (QED) is 0.802. The zero-order chi connectivity index (χ0) is 15.7. The minimum Gasteiger partial charge on any atom is -0.459 e. The van der Waals surface area contributed by atoms with Gasteiger partial charge in [0.05, 0.1) is 29.0 Å². The lowest BCUT2D eigenvalue weighted by molar-refractivity contribution is 0.0995. The Labute approximate surface area is 128 Å². The van der Waals surface area contributed by atoms with E-state index >= 15 is 0 Å². The molecule has 112 valence electrons. The fraction of sp³-hybridized carbons (Fsp3) is 0.176. The van der Waals surface area contributed by atoms with Gasteiger partial charge in [-0.2, -0.15) is 5.10 Å². The SMILES string of the molecule is Cc1ccoc1C(=O)Nc1c(C)nn(-c2ccccc2)c1C. The number of nitrogens with one attached hydrogen (secondary N) is 1. The van der Waals surface area contributed by atoms with Crippen LogP contribution in [0.4, 0.5) is 5.69 Å². The summed E-state index contributed by atoms with van der Waals surface area (Å²) in [6.45, 7) is 5.64. The maximum Gasteiger partial charge on any atom is 0.291 e. The Morgan fingerprint density at radius 2 is 1.86 bits per heavy atom. The van der Waals surface area contributed by atoms with Crippen LogP contribution in [0.5, 0.6) is 0 Å². The average Bonchev–Trinajstić information content (AvgIpc) is 3.06. The van der Waals surface area contributed by atoms with Crippen LogP contribution < -0.4 is 5.32 Å². The van der Waals surface area contributed by atoms with Crippen molar-refractivity contribution in [1.29, 1.82) is 0 Å². The molecule has 3 aromatic rings. The molecule has 0 fully saturated rings. The van der Waals surface area contributed by atoms with Gasteiger partial charge in [0.1, 0.15) is 0 Å². The molecule has 0 radical (unpaired) electrons. The lowest BCUT2D eigenvalue weighted by Gasteiger charge is -2.06. The molecule has 1 N–H and O–H groups in total. The molecule has 3 rings (SSSR count). The van der Waals surface area contributed by atoms with Gasteiger partial charge in [0.15, 0.2) is 5.76 Å². The molecule has 5 nitrogen and oxygen atoms in total. The lowest BCUT2D eigenvalue weighted by atomic mass is 10.2. The van der Waals surface area contributed by atoms with Crippen LogP contribution in [0, 0.1) is 20.8 Å². The summed E-state index contributed by atoms with van der Waals surface area (Å²) < 4.78 is 7.05. The number of carbonyl (C=O) groups is 1. The number of aryl methyl sites for hydroxylation is 2. The highest BCUT2D eigenvalue weighted by atomic mass is 16.3. The molecule has 0 spiro atoms. The number of nitrogens with zero attached hydrogens (tertiary/aromatic N) is 2. The van der Waals surface area contributed by atoms with Crippen LogP contribution in [0.25, 0.3) is 5.69 Å². The molecule has 0 saturated heterocycles. The first kappa shape index (κ1) is 14.1. The Kier molecular flexibility index (Phi) is 3.55. The number of benzene rings is 1. The van der Waals surface area contributed by atoms with Crippen LogP contribution in [-0.2, 0) is 0 Å². The Hall–Kier alpha value is -2.82. The zero-order valence-corrected chi connectivity index (χ0v) is 12.8. The molecule has 22 heavy (non-hydrogen) atoms.